The number of hydrogen-bond donors (Lipinski definition) is 1. The van der Waals surface area contributed by atoms with Gasteiger partial charge in [0.1, 0.15) is 5.82 Å². The molecular weight excluding hydrogens is 470 g/mol. The molecule has 0 saturated carbocycles. The number of fused-ring (bicyclic) bond motifs is 1. The molecule has 4 rings (SSSR count). The molecule has 11 heteroatoms. The van der Waals surface area contributed by atoms with E-state index >= 15 is 0 Å². The second-order valence-corrected chi connectivity index (χ2v) is 10.4. The van der Waals surface area contributed by atoms with Gasteiger partial charge in [-0.3, -0.25) is 4.98 Å². The van der Waals surface area contributed by atoms with Gasteiger partial charge in [0.25, 0.3) is 10.2 Å². The zero-order valence-electron chi connectivity index (χ0n) is 16.9. The highest BCUT2D eigenvalue weighted by atomic mass is 79.9. The molecule has 160 valence electrons. The summed E-state index contributed by atoms with van der Waals surface area (Å²) in [5, 5.41) is 7.80. The topological polar surface area (TPSA) is 95.7 Å². The fourth-order valence-electron chi connectivity index (χ4n) is 3.63. The van der Waals surface area contributed by atoms with E-state index in [4.69, 9.17) is 4.98 Å². The van der Waals surface area contributed by atoms with Crippen LogP contribution in [0, 0.1) is 0 Å². The molecule has 0 bridgehead atoms. The molecule has 1 aliphatic heterocycles. The Labute approximate surface area is 184 Å². The Balaban J connectivity index is 1.74. The van der Waals surface area contributed by atoms with Crippen LogP contribution in [0.1, 0.15) is 36.6 Å². The number of aromatic nitrogens is 4. The number of halogens is 1. The highest BCUT2D eigenvalue weighted by Gasteiger charge is 2.36. The predicted molar refractivity (Wildman–Crippen MR) is 118 cm³/mol. The van der Waals surface area contributed by atoms with Crippen molar-refractivity contribution >= 4 is 37.6 Å². The first kappa shape index (κ1) is 21.2. The molecule has 9 nitrogen and oxygen atoms in total. The van der Waals surface area contributed by atoms with Gasteiger partial charge in [0.05, 0.1) is 22.4 Å². The van der Waals surface area contributed by atoms with Gasteiger partial charge in [0, 0.05) is 45.6 Å². The Hall–Kier alpha value is -2.08. The zero-order valence-corrected chi connectivity index (χ0v) is 19.3. The maximum absolute atomic E-state index is 12.9. The summed E-state index contributed by atoms with van der Waals surface area (Å²) in [6.07, 6.45) is 7.75. The predicted octanol–water partition coefficient (Wildman–Crippen LogP) is 2.83. The average molecular weight is 494 g/mol. The van der Waals surface area contributed by atoms with Gasteiger partial charge in [-0.2, -0.15) is 26.6 Å². The molecule has 0 radical (unpaired) electrons. The van der Waals surface area contributed by atoms with Crippen LogP contribution in [0.15, 0.2) is 41.3 Å². The summed E-state index contributed by atoms with van der Waals surface area (Å²) in [6.45, 7) is 1.05. The molecule has 1 fully saturated rings. The molecule has 1 aliphatic rings. The minimum atomic E-state index is -3.55. The second-order valence-electron chi connectivity index (χ2n) is 7.42. The molecule has 1 saturated heterocycles. The third kappa shape index (κ3) is 4.07. The van der Waals surface area contributed by atoms with Crippen LogP contribution in [0.4, 0.5) is 5.82 Å². The van der Waals surface area contributed by atoms with Gasteiger partial charge in [0.15, 0.2) is 5.65 Å². The number of pyridine rings is 1. The summed E-state index contributed by atoms with van der Waals surface area (Å²) >= 11 is 3.51. The summed E-state index contributed by atoms with van der Waals surface area (Å²) in [6, 6.07) is 5.46. The van der Waals surface area contributed by atoms with Crippen molar-refractivity contribution in [2.24, 2.45) is 0 Å². The Morgan fingerprint density at radius 3 is 2.87 bits per heavy atom. The quantitative estimate of drug-likeness (QED) is 0.567. The van der Waals surface area contributed by atoms with Crippen LogP contribution < -0.4 is 5.32 Å². The molecule has 30 heavy (non-hydrogen) atoms. The zero-order chi connectivity index (χ0) is 21.3. The molecule has 0 amide bonds. The van der Waals surface area contributed by atoms with Gasteiger partial charge in [-0.15, -0.1) is 0 Å². The molecule has 3 aromatic rings. The first-order valence-corrected chi connectivity index (χ1v) is 11.9. The highest BCUT2D eigenvalue weighted by molar-refractivity contribution is 9.10. The third-order valence-electron chi connectivity index (χ3n) is 5.20. The van der Waals surface area contributed by atoms with Crippen molar-refractivity contribution in [3.05, 3.63) is 52.5 Å². The van der Waals surface area contributed by atoms with Crippen molar-refractivity contribution in [3.63, 3.8) is 0 Å². The number of piperidine rings is 1. The van der Waals surface area contributed by atoms with E-state index < -0.39 is 10.2 Å². The van der Waals surface area contributed by atoms with Crippen LogP contribution in [0.25, 0.3) is 5.65 Å². The SMILES string of the molecule is CN(C)S(=O)(=O)N1CCCCC1c1cc(NCc2cccnc2)n2ncc(Br)c2n1. The Kier molecular flexibility index (Phi) is 6.05. The van der Waals surface area contributed by atoms with E-state index in [2.05, 4.69) is 31.3 Å². The van der Waals surface area contributed by atoms with Gasteiger partial charge in [-0.05, 0) is 40.4 Å². The minimum Gasteiger partial charge on any atom is -0.366 e. The summed E-state index contributed by atoms with van der Waals surface area (Å²) in [5.74, 6) is 0.748. The van der Waals surface area contributed by atoms with Crippen molar-refractivity contribution < 1.29 is 8.42 Å². The highest BCUT2D eigenvalue weighted by Crippen LogP contribution is 2.35. The smallest absolute Gasteiger partial charge is 0.282 e. The van der Waals surface area contributed by atoms with Gasteiger partial charge in [-0.1, -0.05) is 12.5 Å². The van der Waals surface area contributed by atoms with E-state index in [1.165, 1.54) is 4.31 Å². The number of hydrogen-bond acceptors (Lipinski definition) is 6. The van der Waals surface area contributed by atoms with E-state index in [0.29, 0.717) is 24.4 Å². The van der Waals surface area contributed by atoms with Crippen molar-refractivity contribution in [1.29, 1.82) is 0 Å². The van der Waals surface area contributed by atoms with E-state index in [1.807, 2.05) is 18.2 Å². The van der Waals surface area contributed by atoms with Gasteiger partial charge in [-0.25, -0.2) is 4.98 Å². The first-order chi connectivity index (χ1) is 14.4. The van der Waals surface area contributed by atoms with Gasteiger partial charge in [0.2, 0.25) is 0 Å². The largest absolute Gasteiger partial charge is 0.366 e. The first-order valence-electron chi connectivity index (χ1n) is 9.74. The summed E-state index contributed by atoms with van der Waals surface area (Å²) < 4.78 is 31.1. The van der Waals surface area contributed by atoms with Crippen LogP contribution in [0.3, 0.4) is 0 Å². The maximum Gasteiger partial charge on any atom is 0.282 e. The van der Waals surface area contributed by atoms with E-state index in [-0.39, 0.29) is 6.04 Å². The molecule has 1 N–H and O–H groups in total. The Morgan fingerprint density at radius 1 is 1.30 bits per heavy atom. The van der Waals surface area contributed by atoms with Crippen molar-refractivity contribution in [3.8, 4) is 0 Å². The monoisotopic (exact) mass is 493 g/mol. The van der Waals surface area contributed by atoms with Gasteiger partial charge < -0.3 is 5.32 Å². The number of rotatable bonds is 6. The lowest BCUT2D eigenvalue weighted by molar-refractivity contribution is 0.239. The average Bonchev–Trinajstić information content (AvgIpc) is 3.13. The van der Waals surface area contributed by atoms with E-state index in [9.17, 15) is 8.42 Å². The third-order valence-corrected chi connectivity index (χ3v) is 7.71. The minimum absolute atomic E-state index is 0.322. The molecular formula is C19H24BrN7O2S. The molecule has 0 aromatic carbocycles. The normalized spacial score (nSPS) is 18.2. The maximum atomic E-state index is 12.9. The fraction of sp³-hybridized carbons (Fsp3) is 0.421. The fourth-order valence-corrected chi connectivity index (χ4v) is 5.30. The number of nitrogens with zero attached hydrogens (tertiary/aromatic N) is 6. The van der Waals surface area contributed by atoms with Crippen molar-refractivity contribution in [2.45, 2.75) is 31.8 Å². The van der Waals surface area contributed by atoms with Crippen LogP contribution in [-0.2, 0) is 16.8 Å². The number of nitrogens with one attached hydrogen (secondary N) is 1. The molecule has 3 aromatic heterocycles. The van der Waals surface area contributed by atoms with Crippen molar-refractivity contribution in [1.82, 2.24) is 28.2 Å². The molecule has 0 aliphatic carbocycles. The lowest BCUT2D eigenvalue weighted by Crippen LogP contribution is -2.44. The van der Waals surface area contributed by atoms with Gasteiger partial charge >= 0.3 is 0 Å². The summed E-state index contributed by atoms with van der Waals surface area (Å²) in [7, 11) is -0.428. The molecule has 1 unspecified atom stereocenters. The van der Waals surface area contributed by atoms with E-state index in [1.54, 1.807) is 41.5 Å². The molecule has 1 atom stereocenters. The van der Waals surface area contributed by atoms with Crippen molar-refractivity contribution in [2.75, 3.05) is 26.0 Å². The summed E-state index contributed by atoms with van der Waals surface area (Å²) in [4.78, 5) is 8.92. The second kappa shape index (κ2) is 8.58. The standard InChI is InChI=1S/C19H24BrN7O2S/c1-25(2)30(28,29)26-9-4-3-7-17(26)16-10-18(22-12-14-6-5-8-21-11-14)27-19(24-16)15(20)13-23-27/h5-6,8,10-11,13,17,22H,3-4,7,9,12H2,1-2H3. The Bertz CT molecular complexity index is 1130. The van der Waals surface area contributed by atoms with Crippen LogP contribution in [-0.4, -0.2) is 57.3 Å². The lowest BCUT2D eigenvalue weighted by Gasteiger charge is -2.36. The summed E-state index contributed by atoms with van der Waals surface area (Å²) in [5.41, 5.74) is 2.39. The van der Waals surface area contributed by atoms with E-state index in [0.717, 1.165) is 35.1 Å². The van der Waals surface area contributed by atoms with Crippen LogP contribution >= 0.6 is 15.9 Å². The Morgan fingerprint density at radius 2 is 2.13 bits per heavy atom. The van der Waals surface area contributed by atoms with Crippen LogP contribution in [0.5, 0.6) is 0 Å². The lowest BCUT2D eigenvalue weighted by atomic mass is 10.0. The molecule has 0 spiro atoms. The van der Waals surface area contributed by atoms with Crippen LogP contribution in [0.2, 0.25) is 0 Å². The number of anilines is 1. The molecule has 4 heterocycles.